The van der Waals surface area contributed by atoms with Crippen LogP contribution in [0, 0.1) is 0 Å². The van der Waals surface area contributed by atoms with E-state index >= 15 is 0 Å². The normalized spacial score (nSPS) is 14.9. The Bertz CT molecular complexity index is 371. The highest BCUT2D eigenvalue weighted by Gasteiger charge is 2.04. The fraction of sp³-hybridized carbons (Fsp3) is 0.538. The van der Waals surface area contributed by atoms with E-state index < -0.39 is 0 Å². The molecule has 1 aliphatic carbocycles. The zero-order chi connectivity index (χ0) is 11.2. The lowest BCUT2D eigenvalue weighted by molar-refractivity contribution is 0.860. The minimum atomic E-state index is 0.949. The molecule has 0 unspecified atom stereocenters. The van der Waals surface area contributed by atoms with Crippen molar-refractivity contribution >= 4 is 5.82 Å². The summed E-state index contributed by atoms with van der Waals surface area (Å²) in [5.41, 5.74) is 2.69. The minimum Gasteiger partial charge on any atom is -0.370 e. The van der Waals surface area contributed by atoms with E-state index in [4.69, 9.17) is 0 Å². The van der Waals surface area contributed by atoms with E-state index in [9.17, 15) is 0 Å². The molecule has 3 heteroatoms. The topological polar surface area (TPSA) is 37.8 Å². The fourth-order valence-corrected chi connectivity index (χ4v) is 2.00. The summed E-state index contributed by atoms with van der Waals surface area (Å²) in [7, 11) is 0. The van der Waals surface area contributed by atoms with Gasteiger partial charge in [0.25, 0.3) is 0 Å². The maximum absolute atomic E-state index is 4.21. The largest absolute Gasteiger partial charge is 0.370 e. The van der Waals surface area contributed by atoms with Gasteiger partial charge in [-0.05, 0) is 32.1 Å². The minimum absolute atomic E-state index is 0.949. The Balaban J connectivity index is 1.80. The lowest BCUT2D eigenvalue weighted by Gasteiger charge is -2.06. The first-order valence-corrected chi connectivity index (χ1v) is 6.11. The molecule has 0 spiro atoms. The third-order valence-electron chi connectivity index (χ3n) is 2.97. The highest BCUT2D eigenvalue weighted by molar-refractivity contribution is 5.34. The maximum Gasteiger partial charge on any atom is 0.129 e. The summed E-state index contributed by atoms with van der Waals surface area (Å²) in [4.78, 5) is 8.39. The number of anilines is 1. The molecule has 0 bridgehead atoms. The molecule has 0 atom stereocenters. The zero-order valence-corrected chi connectivity index (χ0v) is 9.87. The molecule has 0 aliphatic heterocycles. The molecule has 2 rings (SSSR count). The second-order valence-corrected chi connectivity index (χ2v) is 4.18. The van der Waals surface area contributed by atoms with E-state index in [1.807, 2.05) is 6.07 Å². The van der Waals surface area contributed by atoms with Crippen molar-refractivity contribution in [2.24, 2.45) is 0 Å². The summed E-state index contributed by atoms with van der Waals surface area (Å²) in [6.45, 7) is 3.08. The molecule has 0 amide bonds. The SMILES string of the molecule is CCc1cc(NCCC2=CCCC2)ncn1. The lowest BCUT2D eigenvalue weighted by Crippen LogP contribution is -2.05. The van der Waals surface area contributed by atoms with E-state index in [1.165, 1.54) is 19.3 Å². The predicted octanol–water partition coefficient (Wildman–Crippen LogP) is 2.95. The molecule has 1 aromatic rings. The smallest absolute Gasteiger partial charge is 0.129 e. The van der Waals surface area contributed by atoms with Crippen molar-refractivity contribution in [3.63, 3.8) is 0 Å². The van der Waals surface area contributed by atoms with Crippen molar-refractivity contribution in [2.45, 2.75) is 39.0 Å². The van der Waals surface area contributed by atoms with Gasteiger partial charge in [0.05, 0.1) is 0 Å². The van der Waals surface area contributed by atoms with Gasteiger partial charge in [0.1, 0.15) is 12.1 Å². The molecule has 0 fully saturated rings. The Morgan fingerprint density at radius 1 is 1.38 bits per heavy atom. The standard InChI is InChI=1S/C13H19N3/c1-2-12-9-13(16-10-15-12)14-8-7-11-5-3-4-6-11/h5,9-10H,2-4,6-8H2,1H3,(H,14,15,16). The highest BCUT2D eigenvalue weighted by atomic mass is 15.0. The van der Waals surface area contributed by atoms with Crippen molar-refractivity contribution in [1.82, 2.24) is 9.97 Å². The van der Waals surface area contributed by atoms with Crippen LogP contribution in [0.3, 0.4) is 0 Å². The van der Waals surface area contributed by atoms with Gasteiger partial charge >= 0.3 is 0 Å². The summed E-state index contributed by atoms with van der Waals surface area (Å²) >= 11 is 0. The van der Waals surface area contributed by atoms with Crippen LogP contribution in [0.5, 0.6) is 0 Å². The lowest BCUT2D eigenvalue weighted by atomic mass is 10.2. The second-order valence-electron chi connectivity index (χ2n) is 4.18. The summed E-state index contributed by atoms with van der Waals surface area (Å²) in [6, 6.07) is 2.03. The number of aryl methyl sites for hydroxylation is 1. The summed E-state index contributed by atoms with van der Waals surface area (Å²) < 4.78 is 0. The van der Waals surface area contributed by atoms with Crippen LogP contribution in [-0.4, -0.2) is 16.5 Å². The summed E-state index contributed by atoms with van der Waals surface area (Å²) in [5.74, 6) is 0.949. The van der Waals surface area contributed by atoms with Crippen LogP contribution >= 0.6 is 0 Å². The van der Waals surface area contributed by atoms with Crippen molar-refractivity contribution < 1.29 is 0 Å². The Hall–Kier alpha value is -1.38. The molecule has 3 nitrogen and oxygen atoms in total. The van der Waals surface area contributed by atoms with Crippen LogP contribution in [0.2, 0.25) is 0 Å². The van der Waals surface area contributed by atoms with Gasteiger partial charge in [-0.3, -0.25) is 0 Å². The van der Waals surface area contributed by atoms with E-state index in [1.54, 1.807) is 11.9 Å². The van der Waals surface area contributed by atoms with Crippen LogP contribution in [-0.2, 0) is 6.42 Å². The number of nitrogens with zero attached hydrogens (tertiary/aromatic N) is 2. The zero-order valence-electron chi connectivity index (χ0n) is 9.87. The molecule has 0 saturated carbocycles. The molecule has 1 N–H and O–H groups in total. The van der Waals surface area contributed by atoms with Gasteiger partial charge in [0.2, 0.25) is 0 Å². The van der Waals surface area contributed by atoms with Crippen LogP contribution in [0.1, 0.15) is 38.3 Å². The molecule has 0 radical (unpaired) electrons. The number of hydrogen-bond donors (Lipinski definition) is 1. The van der Waals surface area contributed by atoms with Gasteiger partial charge in [-0.15, -0.1) is 0 Å². The molecule has 1 heterocycles. The highest BCUT2D eigenvalue weighted by Crippen LogP contribution is 2.20. The molecule has 1 aliphatic rings. The van der Waals surface area contributed by atoms with Gasteiger partial charge in [-0.1, -0.05) is 18.6 Å². The first-order valence-electron chi connectivity index (χ1n) is 6.11. The third-order valence-corrected chi connectivity index (χ3v) is 2.97. The molecule has 1 aromatic heterocycles. The van der Waals surface area contributed by atoms with Crippen molar-refractivity contribution in [3.8, 4) is 0 Å². The summed E-state index contributed by atoms with van der Waals surface area (Å²) in [6.07, 6.45) is 10.0. The monoisotopic (exact) mass is 217 g/mol. The average Bonchev–Trinajstić information content (AvgIpc) is 2.82. The molecule has 16 heavy (non-hydrogen) atoms. The van der Waals surface area contributed by atoms with E-state index in [-0.39, 0.29) is 0 Å². The predicted molar refractivity (Wildman–Crippen MR) is 66.5 cm³/mol. The van der Waals surface area contributed by atoms with Crippen molar-refractivity contribution in [1.29, 1.82) is 0 Å². The fourth-order valence-electron chi connectivity index (χ4n) is 2.00. The number of aromatic nitrogens is 2. The van der Waals surface area contributed by atoms with Gasteiger partial charge in [-0.25, -0.2) is 9.97 Å². The summed E-state index contributed by atoms with van der Waals surface area (Å²) in [5, 5.41) is 3.35. The molecular weight excluding hydrogens is 198 g/mol. The van der Waals surface area contributed by atoms with E-state index in [0.29, 0.717) is 0 Å². The van der Waals surface area contributed by atoms with Crippen LogP contribution in [0.25, 0.3) is 0 Å². The van der Waals surface area contributed by atoms with Gasteiger partial charge < -0.3 is 5.32 Å². The molecule has 0 aromatic carbocycles. The molecule has 0 saturated heterocycles. The maximum atomic E-state index is 4.21. The number of allylic oxidation sites excluding steroid dienone is 1. The average molecular weight is 217 g/mol. The Morgan fingerprint density at radius 3 is 3.06 bits per heavy atom. The van der Waals surface area contributed by atoms with Crippen molar-refractivity contribution in [3.05, 3.63) is 29.7 Å². The first-order chi connectivity index (χ1) is 7.88. The third kappa shape index (κ3) is 3.05. The Labute approximate surface area is 97.0 Å². The Morgan fingerprint density at radius 2 is 2.31 bits per heavy atom. The number of nitrogens with one attached hydrogen (secondary N) is 1. The van der Waals surface area contributed by atoms with E-state index in [0.717, 1.165) is 30.9 Å². The van der Waals surface area contributed by atoms with Gasteiger partial charge in [-0.2, -0.15) is 0 Å². The van der Waals surface area contributed by atoms with Crippen molar-refractivity contribution in [2.75, 3.05) is 11.9 Å². The quantitative estimate of drug-likeness (QED) is 0.770. The molecule has 86 valence electrons. The van der Waals surface area contributed by atoms with Crippen LogP contribution < -0.4 is 5.32 Å². The van der Waals surface area contributed by atoms with E-state index in [2.05, 4.69) is 28.3 Å². The molecular formula is C13H19N3. The van der Waals surface area contributed by atoms with Gasteiger partial charge in [0.15, 0.2) is 0 Å². The number of rotatable bonds is 5. The van der Waals surface area contributed by atoms with Crippen LogP contribution in [0.15, 0.2) is 24.0 Å². The van der Waals surface area contributed by atoms with Crippen LogP contribution in [0.4, 0.5) is 5.82 Å². The first kappa shape index (κ1) is 11.1. The Kier molecular flexibility index (Phi) is 3.91. The second kappa shape index (κ2) is 5.64. The van der Waals surface area contributed by atoms with Gasteiger partial charge in [0, 0.05) is 18.3 Å². The number of hydrogen-bond acceptors (Lipinski definition) is 3.